The van der Waals surface area contributed by atoms with Crippen molar-refractivity contribution in [2.45, 2.75) is 25.4 Å². The highest BCUT2D eigenvalue weighted by atomic mass is 16.5. The van der Waals surface area contributed by atoms with Crippen LogP contribution in [0.4, 0.5) is 0 Å². The van der Waals surface area contributed by atoms with Crippen LogP contribution >= 0.6 is 0 Å². The van der Waals surface area contributed by atoms with Gasteiger partial charge < -0.3 is 19.3 Å². The fraction of sp³-hybridized carbons (Fsp3) is 0.412. The summed E-state index contributed by atoms with van der Waals surface area (Å²) >= 11 is 0. The second-order valence-corrected chi connectivity index (χ2v) is 5.55. The summed E-state index contributed by atoms with van der Waals surface area (Å²) in [4.78, 5) is 12.0. The molecule has 6 nitrogen and oxygen atoms in total. The molecular formula is C17H20N2O4. The van der Waals surface area contributed by atoms with Gasteiger partial charge in [-0.25, -0.2) is 0 Å². The highest BCUT2D eigenvalue weighted by Crippen LogP contribution is 2.15. The van der Waals surface area contributed by atoms with E-state index in [9.17, 15) is 4.79 Å². The number of rotatable bonds is 6. The molecule has 1 aliphatic rings. The maximum Gasteiger partial charge on any atom is 0.289 e. The van der Waals surface area contributed by atoms with E-state index >= 15 is 0 Å². The molecule has 2 heterocycles. The number of carbonyl (C=O) groups is 1. The van der Waals surface area contributed by atoms with Gasteiger partial charge in [0.15, 0.2) is 0 Å². The first-order chi connectivity index (χ1) is 11.2. The number of hydrogen-bond donors (Lipinski definition) is 1. The van der Waals surface area contributed by atoms with Crippen LogP contribution in [0.15, 0.2) is 34.9 Å². The molecule has 0 aliphatic carbocycles. The highest BCUT2D eigenvalue weighted by molar-refractivity contribution is 5.91. The van der Waals surface area contributed by atoms with E-state index in [0.717, 1.165) is 36.5 Å². The molecule has 122 valence electrons. The zero-order valence-corrected chi connectivity index (χ0v) is 13.1. The van der Waals surface area contributed by atoms with Crippen LogP contribution in [0.2, 0.25) is 0 Å². The van der Waals surface area contributed by atoms with Crippen molar-refractivity contribution >= 4 is 5.91 Å². The van der Waals surface area contributed by atoms with Crippen LogP contribution < -0.4 is 10.1 Å². The molecule has 1 fully saturated rings. The minimum absolute atomic E-state index is 0.112. The molecule has 2 aromatic rings. The number of amides is 1. The summed E-state index contributed by atoms with van der Waals surface area (Å²) in [5.41, 5.74) is 1.79. The van der Waals surface area contributed by atoms with Gasteiger partial charge in [0.25, 0.3) is 5.91 Å². The Morgan fingerprint density at radius 2 is 2.22 bits per heavy atom. The van der Waals surface area contributed by atoms with E-state index in [0.29, 0.717) is 13.0 Å². The number of nitrogens with one attached hydrogen (secondary N) is 1. The molecule has 0 bridgehead atoms. The van der Waals surface area contributed by atoms with Crippen LogP contribution in [0.3, 0.4) is 0 Å². The van der Waals surface area contributed by atoms with Crippen molar-refractivity contribution in [1.82, 2.24) is 10.5 Å². The van der Waals surface area contributed by atoms with Crippen molar-refractivity contribution < 1.29 is 18.8 Å². The molecule has 1 N–H and O–H groups in total. The average Bonchev–Trinajstić information content (AvgIpc) is 3.25. The summed E-state index contributed by atoms with van der Waals surface area (Å²) < 4.78 is 15.7. The van der Waals surface area contributed by atoms with Gasteiger partial charge in [0.2, 0.25) is 5.76 Å². The molecule has 1 unspecified atom stereocenters. The number of ether oxygens (including phenoxy) is 2. The Labute approximate surface area is 134 Å². The van der Waals surface area contributed by atoms with E-state index in [4.69, 9.17) is 14.0 Å². The molecule has 1 aliphatic heterocycles. The SMILES string of the molecule is COc1ccc(Cc2cc(C(=O)NCC3CCCO3)on2)cc1. The third kappa shape index (κ3) is 4.10. The summed E-state index contributed by atoms with van der Waals surface area (Å²) in [6, 6.07) is 9.39. The van der Waals surface area contributed by atoms with Gasteiger partial charge in [-0.2, -0.15) is 0 Å². The van der Waals surface area contributed by atoms with Gasteiger partial charge in [-0.3, -0.25) is 4.79 Å². The lowest BCUT2D eigenvalue weighted by molar-refractivity contribution is 0.0827. The van der Waals surface area contributed by atoms with E-state index in [1.165, 1.54) is 0 Å². The first kappa shape index (κ1) is 15.6. The van der Waals surface area contributed by atoms with E-state index in [1.807, 2.05) is 24.3 Å². The molecule has 0 spiro atoms. The van der Waals surface area contributed by atoms with Crippen molar-refractivity contribution in [2.75, 3.05) is 20.3 Å². The van der Waals surface area contributed by atoms with Crippen LogP contribution in [0, 0.1) is 0 Å². The summed E-state index contributed by atoms with van der Waals surface area (Å²) in [7, 11) is 1.63. The third-order valence-electron chi connectivity index (χ3n) is 3.84. The predicted octanol–water partition coefficient (Wildman–Crippen LogP) is 2.18. The van der Waals surface area contributed by atoms with Gasteiger partial charge in [0, 0.05) is 25.6 Å². The standard InChI is InChI=1S/C17H20N2O4/c1-21-14-6-4-12(5-7-14)9-13-10-16(23-19-13)17(20)18-11-15-3-2-8-22-15/h4-7,10,15H,2-3,8-9,11H2,1H3,(H,18,20). The zero-order valence-electron chi connectivity index (χ0n) is 13.1. The number of carbonyl (C=O) groups excluding carboxylic acids is 1. The molecule has 1 atom stereocenters. The van der Waals surface area contributed by atoms with Gasteiger partial charge in [-0.1, -0.05) is 17.3 Å². The van der Waals surface area contributed by atoms with Crippen molar-refractivity contribution in [1.29, 1.82) is 0 Å². The van der Waals surface area contributed by atoms with E-state index in [-0.39, 0.29) is 17.8 Å². The molecule has 1 saturated heterocycles. The monoisotopic (exact) mass is 316 g/mol. The largest absolute Gasteiger partial charge is 0.497 e. The number of nitrogens with zero attached hydrogens (tertiary/aromatic N) is 1. The van der Waals surface area contributed by atoms with E-state index < -0.39 is 0 Å². The Hall–Kier alpha value is -2.34. The quantitative estimate of drug-likeness (QED) is 0.884. The van der Waals surface area contributed by atoms with Crippen LogP contribution in [-0.4, -0.2) is 37.4 Å². The third-order valence-corrected chi connectivity index (χ3v) is 3.84. The Balaban J connectivity index is 1.54. The van der Waals surface area contributed by atoms with Gasteiger partial charge in [0.1, 0.15) is 5.75 Å². The molecule has 1 aromatic carbocycles. The fourth-order valence-electron chi connectivity index (χ4n) is 2.55. The fourth-order valence-corrected chi connectivity index (χ4v) is 2.55. The Kier molecular flexibility index (Phi) is 4.92. The van der Waals surface area contributed by atoms with Crippen LogP contribution in [-0.2, 0) is 11.2 Å². The lowest BCUT2D eigenvalue weighted by Crippen LogP contribution is -2.31. The lowest BCUT2D eigenvalue weighted by atomic mass is 10.1. The molecule has 0 radical (unpaired) electrons. The van der Waals surface area contributed by atoms with Gasteiger partial charge in [-0.05, 0) is 30.5 Å². The van der Waals surface area contributed by atoms with Gasteiger partial charge >= 0.3 is 0 Å². The second-order valence-electron chi connectivity index (χ2n) is 5.55. The van der Waals surface area contributed by atoms with Crippen LogP contribution in [0.5, 0.6) is 5.75 Å². The maximum absolute atomic E-state index is 12.0. The molecule has 0 saturated carbocycles. The van der Waals surface area contributed by atoms with E-state index in [2.05, 4.69) is 10.5 Å². The normalized spacial score (nSPS) is 17.2. The zero-order chi connectivity index (χ0) is 16.1. The smallest absolute Gasteiger partial charge is 0.289 e. The number of aromatic nitrogens is 1. The molecule has 23 heavy (non-hydrogen) atoms. The lowest BCUT2D eigenvalue weighted by Gasteiger charge is -2.08. The predicted molar refractivity (Wildman–Crippen MR) is 83.6 cm³/mol. The Morgan fingerprint density at radius 1 is 1.39 bits per heavy atom. The van der Waals surface area contributed by atoms with Crippen molar-refractivity contribution in [3.05, 3.63) is 47.3 Å². The van der Waals surface area contributed by atoms with Crippen molar-refractivity contribution in [3.8, 4) is 5.75 Å². The average molecular weight is 316 g/mol. The summed E-state index contributed by atoms with van der Waals surface area (Å²) in [5.74, 6) is 0.781. The van der Waals surface area contributed by atoms with Crippen molar-refractivity contribution in [3.63, 3.8) is 0 Å². The summed E-state index contributed by atoms with van der Waals surface area (Å²) in [6.45, 7) is 1.28. The summed E-state index contributed by atoms with van der Waals surface area (Å²) in [6.07, 6.45) is 2.75. The highest BCUT2D eigenvalue weighted by Gasteiger charge is 2.18. The van der Waals surface area contributed by atoms with Crippen LogP contribution in [0.25, 0.3) is 0 Å². The Morgan fingerprint density at radius 3 is 2.91 bits per heavy atom. The number of benzene rings is 1. The number of hydrogen-bond acceptors (Lipinski definition) is 5. The van der Waals surface area contributed by atoms with Crippen LogP contribution in [0.1, 0.15) is 34.7 Å². The maximum atomic E-state index is 12.0. The molecule has 1 amide bonds. The number of methoxy groups -OCH3 is 1. The van der Waals surface area contributed by atoms with E-state index in [1.54, 1.807) is 13.2 Å². The second kappa shape index (κ2) is 7.28. The topological polar surface area (TPSA) is 73.6 Å². The first-order valence-electron chi connectivity index (χ1n) is 7.73. The summed E-state index contributed by atoms with van der Waals surface area (Å²) in [5, 5.41) is 6.78. The molecule has 6 heteroatoms. The molecular weight excluding hydrogens is 296 g/mol. The van der Waals surface area contributed by atoms with Gasteiger partial charge in [-0.15, -0.1) is 0 Å². The Bertz CT molecular complexity index is 645. The first-order valence-corrected chi connectivity index (χ1v) is 7.73. The molecule has 3 rings (SSSR count). The van der Waals surface area contributed by atoms with Crippen molar-refractivity contribution in [2.24, 2.45) is 0 Å². The minimum Gasteiger partial charge on any atom is -0.497 e. The molecule has 1 aromatic heterocycles. The minimum atomic E-state index is -0.256. The van der Waals surface area contributed by atoms with Gasteiger partial charge in [0.05, 0.1) is 18.9 Å².